The first kappa shape index (κ1) is 22.6. The van der Waals surface area contributed by atoms with Gasteiger partial charge >= 0.3 is 6.18 Å². The first-order valence-electron chi connectivity index (χ1n) is 10.8. The molecule has 0 saturated carbocycles. The van der Waals surface area contributed by atoms with E-state index in [0.717, 1.165) is 49.0 Å². The zero-order valence-corrected chi connectivity index (χ0v) is 18.9. The SMILES string of the molecule is Nc1nccc2c1nc(Sc1cc3c(cc1C(F)(F)F)OCO3)n2CCC1CCN(C=O)CC1. The Labute approximate surface area is 197 Å². The van der Waals surface area contributed by atoms with Gasteiger partial charge in [0.15, 0.2) is 22.5 Å². The molecular formula is C22H22F3N5O3S. The summed E-state index contributed by atoms with van der Waals surface area (Å²) >= 11 is 0.917. The van der Waals surface area contributed by atoms with Crippen molar-refractivity contribution in [2.45, 2.75) is 42.0 Å². The number of aromatic nitrogens is 3. The van der Waals surface area contributed by atoms with Crippen LogP contribution in [0, 0.1) is 5.92 Å². The zero-order valence-electron chi connectivity index (χ0n) is 18.0. The number of nitrogens with two attached hydrogens (primary N) is 1. The number of anilines is 1. The predicted octanol–water partition coefficient (Wildman–Crippen LogP) is 4.17. The van der Waals surface area contributed by atoms with Crippen molar-refractivity contribution in [1.29, 1.82) is 0 Å². The summed E-state index contributed by atoms with van der Waals surface area (Å²) in [5.74, 6) is 0.961. The summed E-state index contributed by atoms with van der Waals surface area (Å²) < 4.78 is 53.9. The molecule has 4 heterocycles. The maximum atomic E-state index is 13.8. The minimum absolute atomic E-state index is 0.0286. The number of alkyl halides is 3. The van der Waals surface area contributed by atoms with Crippen molar-refractivity contribution in [2.24, 2.45) is 5.92 Å². The maximum Gasteiger partial charge on any atom is 0.417 e. The third-order valence-electron chi connectivity index (χ3n) is 6.20. The van der Waals surface area contributed by atoms with Crippen LogP contribution in [-0.4, -0.2) is 45.7 Å². The number of rotatable bonds is 6. The molecule has 0 radical (unpaired) electrons. The lowest BCUT2D eigenvalue weighted by Crippen LogP contribution is -2.32. The molecule has 2 aliphatic rings. The van der Waals surface area contributed by atoms with Gasteiger partial charge in [-0.15, -0.1) is 0 Å². The third kappa shape index (κ3) is 4.33. The molecule has 0 atom stereocenters. The molecule has 0 spiro atoms. The summed E-state index contributed by atoms with van der Waals surface area (Å²) in [6.45, 7) is 1.86. The van der Waals surface area contributed by atoms with Crippen LogP contribution in [0.5, 0.6) is 11.5 Å². The molecule has 1 fully saturated rings. The summed E-state index contributed by atoms with van der Waals surface area (Å²) in [5, 5.41) is 0.393. The van der Waals surface area contributed by atoms with Crippen LogP contribution in [-0.2, 0) is 17.5 Å². The molecule has 2 N–H and O–H groups in total. The molecule has 0 bridgehead atoms. The molecule has 180 valence electrons. The standard InChI is InChI=1S/C22H22F3N5O3S/c23-22(24,25)14-9-16-17(33-12-32-16)10-18(14)34-21-28-19-15(1-5-27-20(19)26)30(21)8-4-13-2-6-29(11-31)7-3-13/h1,5,9-11,13H,2-4,6-8,12H2,(H2,26,27). The Morgan fingerprint density at radius 1 is 1.21 bits per heavy atom. The van der Waals surface area contributed by atoms with Crippen LogP contribution in [0.1, 0.15) is 24.8 Å². The van der Waals surface area contributed by atoms with Gasteiger partial charge in [0.2, 0.25) is 13.2 Å². The Balaban J connectivity index is 1.48. The fourth-order valence-electron chi connectivity index (χ4n) is 4.33. The number of aryl methyl sites for hydroxylation is 1. The summed E-state index contributed by atoms with van der Waals surface area (Å²) in [6.07, 6.45) is 0.437. The lowest BCUT2D eigenvalue weighted by Gasteiger charge is -2.29. The first-order chi connectivity index (χ1) is 16.3. The second-order valence-corrected chi connectivity index (χ2v) is 9.29. The number of nitrogen functional groups attached to an aromatic ring is 1. The average Bonchev–Trinajstić information content (AvgIpc) is 3.41. The van der Waals surface area contributed by atoms with Crippen molar-refractivity contribution < 1.29 is 27.4 Å². The van der Waals surface area contributed by atoms with Crippen molar-refractivity contribution in [3.8, 4) is 11.5 Å². The van der Waals surface area contributed by atoms with Crippen molar-refractivity contribution >= 4 is 35.0 Å². The van der Waals surface area contributed by atoms with Crippen molar-refractivity contribution in [3.63, 3.8) is 0 Å². The zero-order chi connectivity index (χ0) is 23.9. The molecule has 34 heavy (non-hydrogen) atoms. The van der Waals surface area contributed by atoms with Crippen LogP contribution < -0.4 is 15.2 Å². The molecule has 2 aromatic heterocycles. The number of amides is 1. The number of piperidine rings is 1. The lowest BCUT2D eigenvalue weighted by molar-refractivity contribution is -0.139. The van der Waals surface area contributed by atoms with Crippen LogP contribution in [0.4, 0.5) is 19.0 Å². The molecular weight excluding hydrogens is 471 g/mol. The van der Waals surface area contributed by atoms with E-state index in [0.29, 0.717) is 36.2 Å². The van der Waals surface area contributed by atoms with Gasteiger partial charge in [-0.3, -0.25) is 4.79 Å². The largest absolute Gasteiger partial charge is 0.454 e. The number of fused-ring (bicyclic) bond motifs is 2. The Morgan fingerprint density at radius 2 is 1.94 bits per heavy atom. The van der Waals surface area contributed by atoms with Gasteiger partial charge in [0, 0.05) is 30.7 Å². The molecule has 0 aliphatic carbocycles. The fraction of sp³-hybridized carbons (Fsp3) is 0.409. The molecule has 8 nitrogen and oxygen atoms in total. The van der Waals surface area contributed by atoms with Crippen molar-refractivity contribution in [1.82, 2.24) is 19.4 Å². The van der Waals surface area contributed by atoms with Gasteiger partial charge in [0.05, 0.1) is 11.1 Å². The van der Waals surface area contributed by atoms with Gasteiger partial charge < -0.3 is 24.7 Å². The molecule has 1 saturated heterocycles. The van der Waals surface area contributed by atoms with E-state index in [9.17, 15) is 18.0 Å². The highest BCUT2D eigenvalue weighted by molar-refractivity contribution is 7.99. The van der Waals surface area contributed by atoms with Crippen molar-refractivity contribution in [2.75, 3.05) is 25.6 Å². The van der Waals surface area contributed by atoms with E-state index in [1.807, 2.05) is 4.57 Å². The number of imidazole rings is 1. The predicted molar refractivity (Wildman–Crippen MR) is 119 cm³/mol. The molecule has 2 aliphatic heterocycles. The number of likely N-dealkylation sites (tertiary alicyclic amines) is 1. The highest BCUT2D eigenvalue weighted by Gasteiger charge is 2.36. The number of hydrogen-bond donors (Lipinski definition) is 1. The molecule has 1 aromatic carbocycles. The highest BCUT2D eigenvalue weighted by Crippen LogP contribution is 2.46. The van der Waals surface area contributed by atoms with Gasteiger partial charge in [0.25, 0.3) is 0 Å². The van der Waals surface area contributed by atoms with Gasteiger partial charge in [0.1, 0.15) is 5.52 Å². The number of hydrogen-bond acceptors (Lipinski definition) is 7. The summed E-state index contributed by atoms with van der Waals surface area (Å²) in [7, 11) is 0. The van der Waals surface area contributed by atoms with Gasteiger partial charge in [-0.1, -0.05) is 11.8 Å². The topological polar surface area (TPSA) is 95.5 Å². The van der Waals surface area contributed by atoms with Crippen LogP contribution in [0.3, 0.4) is 0 Å². The van der Waals surface area contributed by atoms with E-state index in [1.165, 1.54) is 6.07 Å². The Morgan fingerprint density at radius 3 is 2.65 bits per heavy atom. The van der Waals surface area contributed by atoms with E-state index < -0.39 is 11.7 Å². The van der Waals surface area contributed by atoms with Crippen LogP contribution in [0.15, 0.2) is 34.4 Å². The number of ether oxygens (including phenoxy) is 2. The maximum absolute atomic E-state index is 13.8. The summed E-state index contributed by atoms with van der Waals surface area (Å²) in [5.41, 5.74) is 6.38. The Bertz CT molecular complexity index is 1220. The summed E-state index contributed by atoms with van der Waals surface area (Å²) in [4.78, 5) is 21.3. The van der Waals surface area contributed by atoms with E-state index in [2.05, 4.69) is 9.97 Å². The number of carbonyl (C=O) groups excluding carboxylic acids is 1. The molecule has 1 amide bonds. The number of halogens is 3. The summed E-state index contributed by atoms with van der Waals surface area (Å²) in [6, 6.07) is 4.08. The van der Waals surface area contributed by atoms with Crippen LogP contribution >= 0.6 is 11.8 Å². The number of carbonyl (C=O) groups is 1. The second-order valence-electron chi connectivity index (χ2n) is 8.28. The van der Waals surface area contributed by atoms with Crippen LogP contribution in [0.2, 0.25) is 0 Å². The van der Waals surface area contributed by atoms with E-state index in [-0.39, 0.29) is 29.0 Å². The van der Waals surface area contributed by atoms with Gasteiger partial charge in [-0.2, -0.15) is 13.2 Å². The molecule has 0 unspecified atom stereocenters. The highest BCUT2D eigenvalue weighted by atomic mass is 32.2. The molecule has 12 heteroatoms. The Hall–Kier alpha value is -3.15. The molecule has 3 aromatic rings. The van der Waals surface area contributed by atoms with Gasteiger partial charge in [-0.05, 0) is 43.4 Å². The van der Waals surface area contributed by atoms with Crippen molar-refractivity contribution in [3.05, 3.63) is 30.0 Å². The minimum atomic E-state index is -4.58. The number of benzene rings is 1. The normalized spacial score (nSPS) is 16.4. The molecule has 5 rings (SSSR count). The lowest BCUT2D eigenvalue weighted by atomic mass is 9.94. The quantitative estimate of drug-likeness (QED) is 0.515. The fourth-order valence-corrected chi connectivity index (χ4v) is 5.42. The second kappa shape index (κ2) is 8.90. The number of nitrogens with zero attached hydrogens (tertiary/aromatic N) is 4. The van der Waals surface area contributed by atoms with E-state index >= 15 is 0 Å². The first-order valence-corrected chi connectivity index (χ1v) is 11.6. The Kier molecular flexibility index (Phi) is 5.92. The third-order valence-corrected chi connectivity index (χ3v) is 7.25. The number of pyridine rings is 1. The average molecular weight is 494 g/mol. The monoisotopic (exact) mass is 493 g/mol. The van der Waals surface area contributed by atoms with Gasteiger partial charge in [-0.25, -0.2) is 9.97 Å². The minimum Gasteiger partial charge on any atom is -0.454 e. The van der Waals surface area contributed by atoms with E-state index in [4.69, 9.17) is 15.2 Å². The smallest absolute Gasteiger partial charge is 0.417 e. The van der Waals surface area contributed by atoms with Crippen LogP contribution in [0.25, 0.3) is 11.0 Å². The van der Waals surface area contributed by atoms with E-state index in [1.54, 1.807) is 17.2 Å².